The van der Waals surface area contributed by atoms with Crippen molar-refractivity contribution in [1.29, 1.82) is 0 Å². The molecule has 3 nitrogen and oxygen atoms in total. The summed E-state index contributed by atoms with van der Waals surface area (Å²) < 4.78 is 0. The van der Waals surface area contributed by atoms with Crippen LogP contribution in [-0.4, -0.2) is 6.29 Å². The smallest absolute Gasteiger partial charge is 0.150 e. The first kappa shape index (κ1) is 7.60. The summed E-state index contributed by atoms with van der Waals surface area (Å²) in [7, 11) is 0. The molecule has 0 radical (unpaired) electrons. The number of nitrogens with zero attached hydrogens (tertiary/aromatic N) is 1. The Kier molecular flexibility index (Phi) is 2.49. The van der Waals surface area contributed by atoms with Crippen LogP contribution in [-0.2, 0) is 6.54 Å². The summed E-state index contributed by atoms with van der Waals surface area (Å²) in [5.74, 6) is 0. The predicted molar refractivity (Wildman–Crippen MR) is 41.3 cm³/mol. The van der Waals surface area contributed by atoms with Crippen molar-refractivity contribution in [3.63, 3.8) is 0 Å². The highest BCUT2D eigenvalue weighted by Crippen LogP contribution is 2.03. The summed E-state index contributed by atoms with van der Waals surface area (Å²) in [4.78, 5) is 20.1. The third kappa shape index (κ3) is 1.97. The fourth-order valence-corrected chi connectivity index (χ4v) is 0.839. The lowest BCUT2D eigenvalue weighted by atomic mass is 10.1. The number of aldehydes is 1. The molecule has 56 valence electrons. The van der Waals surface area contributed by atoms with E-state index in [-0.39, 0.29) is 6.54 Å². The SMILES string of the molecule is O=Cc1cccc(CN=O)c1. The maximum atomic E-state index is 10.3. The van der Waals surface area contributed by atoms with Gasteiger partial charge in [-0.2, -0.15) is 4.91 Å². The molecular formula is C8H7NO2. The van der Waals surface area contributed by atoms with Crippen molar-refractivity contribution in [2.24, 2.45) is 5.18 Å². The number of hydrogen-bond acceptors (Lipinski definition) is 3. The first-order chi connectivity index (χ1) is 5.36. The lowest BCUT2D eigenvalue weighted by Crippen LogP contribution is -1.83. The number of nitroso groups, excluding NO2 is 1. The summed E-state index contributed by atoms with van der Waals surface area (Å²) in [6.07, 6.45) is 0.744. The van der Waals surface area contributed by atoms with E-state index in [2.05, 4.69) is 5.18 Å². The monoisotopic (exact) mass is 149 g/mol. The maximum Gasteiger partial charge on any atom is 0.150 e. The van der Waals surface area contributed by atoms with Gasteiger partial charge in [0.1, 0.15) is 12.8 Å². The lowest BCUT2D eigenvalue weighted by Gasteiger charge is -1.93. The topological polar surface area (TPSA) is 46.5 Å². The van der Waals surface area contributed by atoms with Gasteiger partial charge in [-0.05, 0) is 11.6 Å². The van der Waals surface area contributed by atoms with E-state index in [1.807, 2.05) is 0 Å². The summed E-state index contributed by atoms with van der Waals surface area (Å²) in [6.45, 7) is 0.127. The second kappa shape index (κ2) is 3.61. The molecule has 0 saturated carbocycles. The molecule has 0 atom stereocenters. The number of rotatable bonds is 3. The van der Waals surface area contributed by atoms with Gasteiger partial charge in [0.15, 0.2) is 0 Å². The summed E-state index contributed by atoms with van der Waals surface area (Å²) in [5, 5.41) is 2.72. The molecule has 0 bridgehead atoms. The minimum Gasteiger partial charge on any atom is -0.298 e. The van der Waals surface area contributed by atoms with Crippen molar-refractivity contribution in [2.45, 2.75) is 6.54 Å². The van der Waals surface area contributed by atoms with Gasteiger partial charge >= 0.3 is 0 Å². The van der Waals surface area contributed by atoms with Crippen molar-refractivity contribution in [3.05, 3.63) is 40.3 Å². The zero-order valence-corrected chi connectivity index (χ0v) is 5.86. The van der Waals surface area contributed by atoms with Crippen molar-refractivity contribution in [1.82, 2.24) is 0 Å². The van der Waals surface area contributed by atoms with Crippen LogP contribution in [0.15, 0.2) is 29.4 Å². The Bertz CT molecular complexity index is 271. The fraction of sp³-hybridized carbons (Fsp3) is 0.125. The van der Waals surface area contributed by atoms with Gasteiger partial charge in [-0.1, -0.05) is 23.4 Å². The van der Waals surface area contributed by atoms with Gasteiger partial charge < -0.3 is 0 Å². The zero-order valence-electron chi connectivity index (χ0n) is 5.86. The molecule has 1 rings (SSSR count). The highest BCUT2D eigenvalue weighted by atomic mass is 16.3. The van der Waals surface area contributed by atoms with E-state index in [1.165, 1.54) is 0 Å². The Hall–Kier alpha value is -1.51. The zero-order chi connectivity index (χ0) is 8.10. The average molecular weight is 149 g/mol. The van der Waals surface area contributed by atoms with E-state index in [9.17, 15) is 9.70 Å². The first-order valence-electron chi connectivity index (χ1n) is 3.20. The standard InChI is InChI=1S/C8H7NO2/c10-6-8-3-1-2-7(4-8)5-9-11/h1-4,6H,5H2. The molecular weight excluding hydrogens is 142 g/mol. The van der Waals surface area contributed by atoms with Crippen molar-refractivity contribution < 1.29 is 4.79 Å². The molecule has 0 aliphatic heterocycles. The van der Waals surface area contributed by atoms with Crippen molar-refractivity contribution in [2.75, 3.05) is 0 Å². The Morgan fingerprint density at radius 2 is 2.27 bits per heavy atom. The molecule has 3 heteroatoms. The van der Waals surface area contributed by atoms with E-state index < -0.39 is 0 Å². The molecule has 0 amide bonds. The summed E-state index contributed by atoms with van der Waals surface area (Å²) in [6, 6.07) is 6.81. The van der Waals surface area contributed by atoms with Gasteiger partial charge in [0.2, 0.25) is 0 Å². The van der Waals surface area contributed by atoms with Crippen LogP contribution in [0.25, 0.3) is 0 Å². The summed E-state index contributed by atoms with van der Waals surface area (Å²) >= 11 is 0. The van der Waals surface area contributed by atoms with Crippen molar-refractivity contribution in [3.8, 4) is 0 Å². The van der Waals surface area contributed by atoms with E-state index in [1.54, 1.807) is 24.3 Å². The van der Waals surface area contributed by atoms with Crippen LogP contribution in [0.1, 0.15) is 15.9 Å². The molecule has 0 unspecified atom stereocenters. The molecule has 1 aromatic rings. The van der Waals surface area contributed by atoms with Gasteiger partial charge in [-0.15, -0.1) is 0 Å². The minimum absolute atomic E-state index is 0.127. The normalized spacial score (nSPS) is 9.09. The van der Waals surface area contributed by atoms with E-state index >= 15 is 0 Å². The molecule has 0 aliphatic carbocycles. The molecule has 1 aromatic carbocycles. The molecule has 0 aromatic heterocycles. The number of hydrogen-bond donors (Lipinski definition) is 0. The molecule has 0 aliphatic rings. The Morgan fingerprint density at radius 3 is 2.91 bits per heavy atom. The molecule has 11 heavy (non-hydrogen) atoms. The van der Waals surface area contributed by atoms with Crippen LogP contribution < -0.4 is 0 Å². The van der Waals surface area contributed by atoms with E-state index in [4.69, 9.17) is 0 Å². The Balaban J connectivity index is 2.90. The van der Waals surface area contributed by atoms with Gasteiger partial charge in [0.25, 0.3) is 0 Å². The number of carbonyl (C=O) groups is 1. The molecule has 0 N–H and O–H groups in total. The lowest BCUT2D eigenvalue weighted by molar-refractivity contribution is 0.112. The number of benzene rings is 1. The van der Waals surface area contributed by atoms with Crippen LogP contribution in [0.3, 0.4) is 0 Å². The first-order valence-corrected chi connectivity index (χ1v) is 3.20. The molecule has 0 saturated heterocycles. The van der Waals surface area contributed by atoms with Gasteiger partial charge in [-0.25, -0.2) is 0 Å². The fourth-order valence-electron chi connectivity index (χ4n) is 0.839. The van der Waals surface area contributed by atoms with E-state index in [0.717, 1.165) is 11.8 Å². The number of carbonyl (C=O) groups excluding carboxylic acids is 1. The van der Waals surface area contributed by atoms with Crippen LogP contribution in [0.5, 0.6) is 0 Å². The second-order valence-corrected chi connectivity index (χ2v) is 2.15. The van der Waals surface area contributed by atoms with Crippen LogP contribution >= 0.6 is 0 Å². The maximum absolute atomic E-state index is 10.3. The Labute approximate surface area is 64.0 Å². The third-order valence-electron chi connectivity index (χ3n) is 1.33. The molecule has 0 heterocycles. The van der Waals surface area contributed by atoms with Gasteiger partial charge in [-0.3, -0.25) is 4.79 Å². The molecule has 0 fully saturated rings. The molecule has 0 spiro atoms. The van der Waals surface area contributed by atoms with Crippen molar-refractivity contribution >= 4 is 6.29 Å². The summed E-state index contributed by atoms with van der Waals surface area (Å²) in [5.41, 5.74) is 1.34. The van der Waals surface area contributed by atoms with Crippen LogP contribution in [0.2, 0.25) is 0 Å². The highest BCUT2D eigenvalue weighted by Gasteiger charge is 1.93. The largest absolute Gasteiger partial charge is 0.298 e. The average Bonchev–Trinajstić information content (AvgIpc) is 2.06. The third-order valence-corrected chi connectivity index (χ3v) is 1.33. The van der Waals surface area contributed by atoms with E-state index in [0.29, 0.717) is 5.56 Å². The van der Waals surface area contributed by atoms with Gasteiger partial charge in [0, 0.05) is 5.56 Å². The Morgan fingerprint density at radius 1 is 1.45 bits per heavy atom. The quantitative estimate of drug-likeness (QED) is 0.485. The minimum atomic E-state index is 0.127. The highest BCUT2D eigenvalue weighted by molar-refractivity contribution is 5.74. The van der Waals surface area contributed by atoms with Crippen LogP contribution in [0, 0.1) is 4.91 Å². The van der Waals surface area contributed by atoms with Gasteiger partial charge in [0.05, 0.1) is 0 Å². The second-order valence-electron chi connectivity index (χ2n) is 2.15. The predicted octanol–water partition coefficient (Wildman–Crippen LogP) is 1.77. The van der Waals surface area contributed by atoms with Crippen LogP contribution in [0.4, 0.5) is 0 Å².